The van der Waals surface area contributed by atoms with E-state index in [4.69, 9.17) is 0 Å². The third-order valence-corrected chi connectivity index (χ3v) is 3.36. The predicted octanol–water partition coefficient (Wildman–Crippen LogP) is 1.32. The van der Waals surface area contributed by atoms with E-state index in [9.17, 15) is 4.79 Å². The maximum absolute atomic E-state index is 12.1. The van der Waals surface area contributed by atoms with Gasteiger partial charge in [-0.15, -0.1) is 0 Å². The van der Waals surface area contributed by atoms with E-state index in [1.807, 2.05) is 25.1 Å². The number of carbonyl (C=O) groups excluding carboxylic acids is 1. The fourth-order valence-electron chi connectivity index (χ4n) is 2.31. The van der Waals surface area contributed by atoms with Crippen molar-refractivity contribution in [1.29, 1.82) is 0 Å². The highest BCUT2D eigenvalue weighted by atomic mass is 16.1. The molecule has 0 saturated carbocycles. The molecule has 5 heteroatoms. The molecule has 2 aromatic rings. The number of hydrogen-bond donors (Lipinski definition) is 2. The molecular formula is C15H16N4O. The second kappa shape index (κ2) is 5.38. The topological polar surface area (TPSA) is 66.9 Å². The third-order valence-electron chi connectivity index (χ3n) is 3.36. The monoisotopic (exact) mass is 268 g/mol. The van der Waals surface area contributed by atoms with Crippen LogP contribution >= 0.6 is 0 Å². The van der Waals surface area contributed by atoms with Gasteiger partial charge >= 0.3 is 0 Å². The number of aromatic nitrogens is 2. The molecule has 1 aromatic heterocycles. The van der Waals surface area contributed by atoms with Crippen molar-refractivity contribution in [2.45, 2.75) is 26.6 Å². The first-order valence-electron chi connectivity index (χ1n) is 6.61. The van der Waals surface area contributed by atoms with Gasteiger partial charge in [-0.3, -0.25) is 4.79 Å². The summed E-state index contributed by atoms with van der Waals surface area (Å²) in [6.45, 7) is 3.97. The Morgan fingerprint density at radius 1 is 1.30 bits per heavy atom. The van der Waals surface area contributed by atoms with Gasteiger partial charge in [0.2, 0.25) is 0 Å². The lowest BCUT2D eigenvalue weighted by atomic mass is 10.1. The van der Waals surface area contributed by atoms with Gasteiger partial charge in [0.05, 0.1) is 12.2 Å². The van der Waals surface area contributed by atoms with Gasteiger partial charge in [-0.1, -0.05) is 6.07 Å². The Balaban J connectivity index is 1.67. The summed E-state index contributed by atoms with van der Waals surface area (Å²) < 4.78 is 0. The maximum Gasteiger partial charge on any atom is 0.251 e. The fourth-order valence-corrected chi connectivity index (χ4v) is 2.31. The summed E-state index contributed by atoms with van der Waals surface area (Å²) in [6, 6.07) is 7.64. The van der Waals surface area contributed by atoms with E-state index < -0.39 is 0 Å². The maximum atomic E-state index is 12.1. The van der Waals surface area contributed by atoms with Gasteiger partial charge in [0, 0.05) is 24.8 Å². The van der Waals surface area contributed by atoms with Gasteiger partial charge in [0.25, 0.3) is 5.91 Å². The minimum absolute atomic E-state index is 0.0732. The molecule has 0 radical (unpaired) electrons. The van der Waals surface area contributed by atoms with Crippen molar-refractivity contribution in [3.63, 3.8) is 0 Å². The molecule has 2 N–H and O–H groups in total. The SMILES string of the molecule is Cc1nccc(CNC(=O)c2ccc3c(c2)CNC3)n1. The third kappa shape index (κ3) is 2.67. The molecular weight excluding hydrogens is 252 g/mol. The van der Waals surface area contributed by atoms with Crippen LogP contribution < -0.4 is 10.6 Å². The zero-order valence-electron chi connectivity index (χ0n) is 11.3. The van der Waals surface area contributed by atoms with Gasteiger partial charge in [0.15, 0.2) is 0 Å². The highest BCUT2D eigenvalue weighted by Crippen LogP contribution is 2.17. The Morgan fingerprint density at radius 3 is 3.00 bits per heavy atom. The Labute approximate surface area is 117 Å². The summed E-state index contributed by atoms with van der Waals surface area (Å²) in [6.07, 6.45) is 1.70. The molecule has 0 fully saturated rings. The Bertz CT molecular complexity index is 654. The predicted molar refractivity (Wildman–Crippen MR) is 74.9 cm³/mol. The Kier molecular flexibility index (Phi) is 3.43. The van der Waals surface area contributed by atoms with Crippen LogP contribution in [0.25, 0.3) is 0 Å². The number of nitrogens with one attached hydrogen (secondary N) is 2. The van der Waals surface area contributed by atoms with E-state index in [0.29, 0.717) is 17.9 Å². The number of carbonyl (C=O) groups is 1. The lowest BCUT2D eigenvalue weighted by molar-refractivity contribution is 0.0950. The number of nitrogens with zero attached hydrogens (tertiary/aromatic N) is 2. The molecule has 0 aliphatic carbocycles. The van der Waals surface area contributed by atoms with Crippen molar-refractivity contribution in [1.82, 2.24) is 20.6 Å². The number of fused-ring (bicyclic) bond motifs is 1. The van der Waals surface area contributed by atoms with Crippen LogP contribution in [0.2, 0.25) is 0 Å². The van der Waals surface area contributed by atoms with Crippen molar-refractivity contribution < 1.29 is 4.79 Å². The summed E-state index contributed by atoms with van der Waals surface area (Å²) in [4.78, 5) is 20.4. The molecule has 1 amide bonds. The number of aryl methyl sites for hydroxylation is 1. The zero-order chi connectivity index (χ0) is 13.9. The number of hydrogen-bond acceptors (Lipinski definition) is 4. The molecule has 1 aliphatic rings. The van der Waals surface area contributed by atoms with Crippen molar-refractivity contribution >= 4 is 5.91 Å². The van der Waals surface area contributed by atoms with Crippen LogP contribution in [0.1, 0.15) is 33.0 Å². The molecule has 0 unspecified atom stereocenters. The van der Waals surface area contributed by atoms with Crippen LogP contribution in [0, 0.1) is 6.92 Å². The second-order valence-electron chi connectivity index (χ2n) is 4.86. The van der Waals surface area contributed by atoms with Gasteiger partial charge in [-0.25, -0.2) is 9.97 Å². The highest BCUT2D eigenvalue weighted by molar-refractivity contribution is 5.94. The summed E-state index contributed by atoms with van der Waals surface area (Å²) >= 11 is 0. The van der Waals surface area contributed by atoms with E-state index in [1.54, 1.807) is 12.3 Å². The van der Waals surface area contributed by atoms with E-state index in [2.05, 4.69) is 20.6 Å². The number of rotatable bonds is 3. The minimum atomic E-state index is -0.0732. The molecule has 0 bridgehead atoms. The van der Waals surface area contributed by atoms with Crippen LogP contribution in [-0.2, 0) is 19.6 Å². The first-order valence-corrected chi connectivity index (χ1v) is 6.61. The van der Waals surface area contributed by atoms with Gasteiger partial charge in [-0.05, 0) is 36.2 Å². The molecule has 3 rings (SSSR count). The largest absolute Gasteiger partial charge is 0.346 e. The first-order chi connectivity index (χ1) is 9.72. The molecule has 1 aliphatic heterocycles. The van der Waals surface area contributed by atoms with Crippen molar-refractivity contribution in [3.05, 3.63) is 58.7 Å². The molecule has 5 nitrogen and oxygen atoms in total. The Hall–Kier alpha value is -2.27. The molecule has 20 heavy (non-hydrogen) atoms. The van der Waals surface area contributed by atoms with Crippen LogP contribution in [0.5, 0.6) is 0 Å². The number of benzene rings is 1. The average Bonchev–Trinajstić information content (AvgIpc) is 2.92. The lowest BCUT2D eigenvalue weighted by Crippen LogP contribution is -2.23. The standard InChI is InChI=1S/C15H16N4O/c1-10-17-5-4-14(19-10)9-18-15(20)11-2-3-12-7-16-8-13(12)6-11/h2-6,16H,7-9H2,1H3,(H,18,20). The molecule has 0 saturated heterocycles. The molecule has 2 heterocycles. The van der Waals surface area contributed by atoms with Crippen LogP contribution in [0.3, 0.4) is 0 Å². The van der Waals surface area contributed by atoms with Crippen molar-refractivity contribution in [2.75, 3.05) is 0 Å². The summed E-state index contributed by atoms with van der Waals surface area (Å²) in [5.41, 5.74) is 3.98. The van der Waals surface area contributed by atoms with Crippen LogP contribution in [0.15, 0.2) is 30.5 Å². The summed E-state index contributed by atoms with van der Waals surface area (Å²) in [5.74, 6) is 0.635. The summed E-state index contributed by atoms with van der Waals surface area (Å²) in [5, 5.41) is 6.15. The lowest BCUT2D eigenvalue weighted by Gasteiger charge is -2.06. The van der Waals surface area contributed by atoms with Gasteiger partial charge in [-0.2, -0.15) is 0 Å². The van der Waals surface area contributed by atoms with Crippen molar-refractivity contribution in [2.24, 2.45) is 0 Å². The van der Waals surface area contributed by atoms with Gasteiger partial charge in [0.1, 0.15) is 5.82 Å². The van der Waals surface area contributed by atoms with Crippen molar-refractivity contribution in [3.8, 4) is 0 Å². The fraction of sp³-hybridized carbons (Fsp3) is 0.267. The smallest absolute Gasteiger partial charge is 0.251 e. The first kappa shape index (κ1) is 12.7. The highest BCUT2D eigenvalue weighted by Gasteiger charge is 2.13. The van der Waals surface area contributed by atoms with E-state index in [1.165, 1.54) is 11.1 Å². The van der Waals surface area contributed by atoms with E-state index in [-0.39, 0.29) is 5.91 Å². The molecule has 0 spiro atoms. The van der Waals surface area contributed by atoms with Crippen LogP contribution in [-0.4, -0.2) is 15.9 Å². The second-order valence-corrected chi connectivity index (χ2v) is 4.86. The average molecular weight is 268 g/mol. The quantitative estimate of drug-likeness (QED) is 0.881. The van der Waals surface area contributed by atoms with E-state index in [0.717, 1.165) is 18.8 Å². The number of amides is 1. The van der Waals surface area contributed by atoms with E-state index >= 15 is 0 Å². The minimum Gasteiger partial charge on any atom is -0.346 e. The summed E-state index contributed by atoms with van der Waals surface area (Å²) in [7, 11) is 0. The normalized spacial score (nSPS) is 13.1. The molecule has 1 aromatic carbocycles. The molecule has 102 valence electrons. The van der Waals surface area contributed by atoms with Gasteiger partial charge < -0.3 is 10.6 Å². The Morgan fingerprint density at radius 2 is 2.15 bits per heavy atom. The molecule has 0 atom stereocenters. The zero-order valence-corrected chi connectivity index (χ0v) is 11.3. The van der Waals surface area contributed by atoms with Crippen LogP contribution in [0.4, 0.5) is 0 Å².